The van der Waals surface area contributed by atoms with Gasteiger partial charge < -0.3 is 9.47 Å². The summed E-state index contributed by atoms with van der Waals surface area (Å²) in [5.74, 6) is 0.198. The van der Waals surface area contributed by atoms with Crippen molar-refractivity contribution >= 4 is 17.8 Å². The van der Waals surface area contributed by atoms with Gasteiger partial charge in [0.2, 0.25) is 0 Å². The minimum Gasteiger partial charge on any atom is -0.481 e. The predicted octanol–water partition coefficient (Wildman–Crippen LogP) is 4.06. The first kappa shape index (κ1) is 18.5. The standard InChI is InChI=1S/C21H22O4/c1-14-6-5-7-18(10-14)19(22)9-8-17-11-15(2)21(16(3)12-17)25-13-20(23)24-4/h5-12H,13H2,1-4H3. The second-order valence-corrected chi connectivity index (χ2v) is 5.92. The van der Waals surface area contributed by atoms with E-state index >= 15 is 0 Å². The summed E-state index contributed by atoms with van der Waals surface area (Å²) in [5, 5.41) is 0. The number of rotatable bonds is 6. The quantitative estimate of drug-likeness (QED) is 0.453. The predicted molar refractivity (Wildman–Crippen MR) is 98.0 cm³/mol. The zero-order valence-corrected chi connectivity index (χ0v) is 15.0. The SMILES string of the molecule is COC(=O)COc1c(C)cc(C=CC(=O)c2cccc(C)c2)cc1C. The fraction of sp³-hybridized carbons (Fsp3) is 0.238. The molecule has 0 radical (unpaired) electrons. The molecular weight excluding hydrogens is 316 g/mol. The van der Waals surface area contributed by atoms with Gasteiger partial charge in [-0.3, -0.25) is 4.79 Å². The molecule has 0 fully saturated rings. The zero-order chi connectivity index (χ0) is 18.4. The molecule has 0 unspecified atom stereocenters. The number of ether oxygens (including phenoxy) is 2. The Balaban J connectivity index is 2.15. The van der Waals surface area contributed by atoms with Gasteiger partial charge in [-0.15, -0.1) is 0 Å². The maximum atomic E-state index is 12.3. The number of allylic oxidation sites excluding steroid dienone is 1. The highest BCUT2D eigenvalue weighted by Gasteiger charge is 2.09. The average molecular weight is 338 g/mol. The van der Waals surface area contributed by atoms with Crippen molar-refractivity contribution in [3.8, 4) is 5.75 Å². The first-order chi connectivity index (χ1) is 11.9. The van der Waals surface area contributed by atoms with E-state index in [1.165, 1.54) is 7.11 Å². The molecule has 2 rings (SSSR count). The lowest BCUT2D eigenvalue weighted by Gasteiger charge is -2.12. The van der Waals surface area contributed by atoms with Crippen LogP contribution in [-0.4, -0.2) is 25.5 Å². The number of benzene rings is 2. The lowest BCUT2D eigenvalue weighted by Crippen LogP contribution is -2.13. The first-order valence-corrected chi connectivity index (χ1v) is 8.00. The topological polar surface area (TPSA) is 52.6 Å². The number of hydrogen-bond acceptors (Lipinski definition) is 4. The molecule has 4 nitrogen and oxygen atoms in total. The summed E-state index contributed by atoms with van der Waals surface area (Å²) < 4.78 is 10.1. The highest BCUT2D eigenvalue weighted by Crippen LogP contribution is 2.25. The van der Waals surface area contributed by atoms with Crippen LogP contribution in [0.1, 0.15) is 32.6 Å². The first-order valence-electron chi connectivity index (χ1n) is 8.00. The number of methoxy groups -OCH3 is 1. The molecule has 25 heavy (non-hydrogen) atoms. The van der Waals surface area contributed by atoms with Crippen LogP contribution in [0.4, 0.5) is 0 Å². The Morgan fingerprint density at radius 2 is 1.72 bits per heavy atom. The molecule has 0 saturated carbocycles. The van der Waals surface area contributed by atoms with Crippen LogP contribution in [0.3, 0.4) is 0 Å². The molecule has 0 saturated heterocycles. The fourth-order valence-corrected chi connectivity index (χ4v) is 2.56. The Kier molecular flexibility index (Phi) is 6.12. The van der Waals surface area contributed by atoms with Gasteiger partial charge in [-0.1, -0.05) is 29.8 Å². The van der Waals surface area contributed by atoms with E-state index in [1.54, 1.807) is 18.2 Å². The van der Waals surface area contributed by atoms with Gasteiger partial charge in [0, 0.05) is 5.56 Å². The smallest absolute Gasteiger partial charge is 0.343 e. The molecule has 130 valence electrons. The summed E-state index contributed by atoms with van der Waals surface area (Å²) in [6.07, 6.45) is 3.35. The van der Waals surface area contributed by atoms with Gasteiger partial charge in [0.25, 0.3) is 0 Å². The molecule has 2 aromatic carbocycles. The van der Waals surface area contributed by atoms with Crippen molar-refractivity contribution in [1.29, 1.82) is 0 Å². The lowest BCUT2D eigenvalue weighted by molar-refractivity contribution is -0.142. The van der Waals surface area contributed by atoms with E-state index in [-0.39, 0.29) is 12.4 Å². The van der Waals surface area contributed by atoms with Gasteiger partial charge in [0.1, 0.15) is 5.75 Å². The normalized spacial score (nSPS) is 10.7. The van der Waals surface area contributed by atoms with Gasteiger partial charge >= 0.3 is 5.97 Å². The molecule has 0 N–H and O–H groups in total. The third kappa shape index (κ3) is 5.05. The van der Waals surface area contributed by atoms with Crippen molar-refractivity contribution in [2.24, 2.45) is 0 Å². The molecule has 2 aromatic rings. The molecule has 0 heterocycles. The van der Waals surface area contributed by atoms with Crippen molar-refractivity contribution in [1.82, 2.24) is 0 Å². The van der Waals surface area contributed by atoms with Gasteiger partial charge in [0.05, 0.1) is 7.11 Å². The highest BCUT2D eigenvalue weighted by atomic mass is 16.6. The van der Waals surface area contributed by atoms with Crippen LogP contribution < -0.4 is 4.74 Å². The van der Waals surface area contributed by atoms with Crippen LogP contribution >= 0.6 is 0 Å². The van der Waals surface area contributed by atoms with Crippen molar-refractivity contribution < 1.29 is 19.1 Å². The van der Waals surface area contributed by atoms with E-state index in [0.29, 0.717) is 11.3 Å². The van der Waals surface area contributed by atoms with E-state index in [1.807, 2.05) is 51.1 Å². The molecule has 0 aliphatic rings. The van der Waals surface area contributed by atoms with Crippen LogP contribution in [0.25, 0.3) is 6.08 Å². The molecule has 0 bridgehead atoms. The second-order valence-electron chi connectivity index (χ2n) is 5.92. The largest absolute Gasteiger partial charge is 0.481 e. The van der Waals surface area contributed by atoms with Gasteiger partial charge in [-0.05, 0) is 61.7 Å². The maximum absolute atomic E-state index is 12.3. The number of hydrogen-bond donors (Lipinski definition) is 0. The minimum atomic E-state index is -0.425. The average Bonchev–Trinajstić information content (AvgIpc) is 2.58. The minimum absolute atomic E-state index is 0.0370. The molecule has 0 aliphatic heterocycles. The number of esters is 1. The van der Waals surface area contributed by atoms with Gasteiger partial charge in [-0.25, -0.2) is 4.79 Å². The monoisotopic (exact) mass is 338 g/mol. The summed E-state index contributed by atoms with van der Waals surface area (Å²) in [5.41, 5.74) is 4.42. The van der Waals surface area contributed by atoms with Crippen molar-refractivity contribution in [2.75, 3.05) is 13.7 Å². The molecule has 0 amide bonds. The van der Waals surface area contributed by atoms with E-state index in [4.69, 9.17) is 4.74 Å². The Labute approximate surface area is 148 Å². The van der Waals surface area contributed by atoms with Crippen molar-refractivity contribution in [2.45, 2.75) is 20.8 Å². The molecule has 0 aliphatic carbocycles. The number of carbonyl (C=O) groups is 2. The number of aryl methyl sites for hydroxylation is 3. The molecule has 4 heteroatoms. The van der Waals surface area contributed by atoms with Crippen molar-refractivity contribution in [3.05, 3.63) is 70.3 Å². The van der Waals surface area contributed by atoms with Crippen LogP contribution in [0.2, 0.25) is 0 Å². The number of carbonyl (C=O) groups excluding carboxylic acids is 2. The maximum Gasteiger partial charge on any atom is 0.343 e. The summed E-state index contributed by atoms with van der Waals surface area (Å²) in [4.78, 5) is 23.5. The van der Waals surface area contributed by atoms with Crippen LogP contribution in [0.15, 0.2) is 42.5 Å². The van der Waals surface area contributed by atoms with E-state index < -0.39 is 5.97 Å². The van der Waals surface area contributed by atoms with Crippen LogP contribution in [-0.2, 0) is 9.53 Å². The van der Waals surface area contributed by atoms with E-state index in [0.717, 1.165) is 22.3 Å². The summed E-state index contributed by atoms with van der Waals surface area (Å²) in [6, 6.07) is 11.3. The van der Waals surface area contributed by atoms with Gasteiger partial charge in [0.15, 0.2) is 12.4 Å². The van der Waals surface area contributed by atoms with Crippen LogP contribution in [0.5, 0.6) is 5.75 Å². The van der Waals surface area contributed by atoms with Crippen molar-refractivity contribution in [3.63, 3.8) is 0 Å². The summed E-state index contributed by atoms with van der Waals surface area (Å²) in [7, 11) is 1.32. The lowest BCUT2D eigenvalue weighted by atomic mass is 10.0. The molecular formula is C21H22O4. The Hall–Kier alpha value is -2.88. The van der Waals surface area contributed by atoms with Gasteiger partial charge in [-0.2, -0.15) is 0 Å². The number of ketones is 1. The fourth-order valence-electron chi connectivity index (χ4n) is 2.56. The zero-order valence-electron chi connectivity index (χ0n) is 15.0. The van der Waals surface area contributed by atoms with Crippen LogP contribution in [0, 0.1) is 20.8 Å². The Morgan fingerprint density at radius 3 is 2.32 bits per heavy atom. The summed E-state index contributed by atoms with van der Waals surface area (Å²) >= 11 is 0. The Morgan fingerprint density at radius 1 is 1.04 bits per heavy atom. The van der Waals surface area contributed by atoms with E-state index in [2.05, 4.69) is 4.74 Å². The second kappa shape index (κ2) is 8.29. The summed E-state index contributed by atoms with van der Waals surface area (Å²) in [6.45, 7) is 5.64. The molecule has 0 aromatic heterocycles. The highest BCUT2D eigenvalue weighted by molar-refractivity contribution is 6.06. The molecule has 0 spiro atoms. The third-order valence-corrected chi connectivity index (χ3v) is 3.77. The van der Waals surface area contributed by atoms with E-state index in [9.17, 15) is 9.59 Å². The molecule has 0 atom stereocenters. The third-order valence-electron chi connectivity index (χ3n) is 3.77. The Bertz CT molecular complexity index is 795.